The summed E-state index contributed by atoms with van der Waals surface area (Å²) in [5.41, 5.74) is 2.28. The van der Waals surface area contributed by atoms with E-state index in [1.165, 1.54) is 16.5 Å². The van der Waals surface area contributed by atoms with Gasteiger partial charge in [0.1, 0.15) is 0 Å². The summed E-state index contributed by atoms with van der Waals surface area (Å²) in [7, 11) is 4.25. The van der Waals surface area contributed by atoms with E-state index in [4.69, 9.17) is 0 Å². The molecule has 1 aliphatic heterocycles. The highest BCUT2D eigenvalue weighted by Crippen LogP contribution is 2.29. The van der Waals surface area contributed by atoms with Crippen molar-refractivity contribution in [2.75, 3.05) is 38.1 Å². The van der Waals surface area contributed by atoms with E-state index < -0.39 is 0 Å². The molecule has 0 spiro atoms. The fourth-order valence-corrected chi connectivity index (χ4v) is 2.83. The lowest BCUT2D eigenvalue weighted by Crippen LogP contribution is -2.45. The summed E-state index contributed by atoms with van der Waals surface area (Å²) < 4.78 is 2.17. The summed E-state index contributed by atoms with van der Waals surface area (Å²) in [4.78, 5) is 4.71. The van der Waals surface area contributed by atoms with E-state index in [0.717, 1.165) is 37.7 Å². The molecule has 0 aromatic carbocycles. The number of aromatic nitrogens is 3. The molecule has 0 N–H and O–H groups in total. The Morgan fingerprint density at radius 1 is 1.00 bits per heavy atom. The molecular weight excluding hydrogens is 238 g/mol. The van der Waals surface area contributed by atoms with Crippen molar-refractivity contribution in [1.29, 1.82) is 0 Å². The molecule has 102 valence electrons. The Balaban J connectivity index is 2.09. The van der Waals surface area contributed by atoms with Gasteiger partial charge in [-0.05, 0) is 20.9 Å². The average Bonchev–Trinajstić information content (AvgIpc) is 2.69. The van der Waals surface area contributed by atoms with Crippen LogP contribution in [0, 0.1) is 13.8 Å². The van der Waals surface area contributed by atoms with Gasteiger partial charge in [-0.15, -0.1) is 5.10 Å². The van der Waals surface area contributed by atoms with E-state index >= 15 is 0 Å². The lowest BCUT2D eigenvalue weighted by Gasteiger charge is -2.33. The largest absolute Gasteiger partial charge is 0.353 e. The van der Waals surface area contributed by atoms with Crippen LogP contribution in [0.3, 0.4) is 0 Å². The maximum atomic E-state index is 4.45. The monoisotopic (exact) mass is 259 g/mol. The number of rotatable bonds is 1. The molecule has 0 amide bonds. The summed E-state index contributed by atoms with van der Waals surface area (Å²) in [5, 5.41) is 11.3. The van der Waals surface area contributed by atoms with Crippen molar-refractivity contribution in [1.82, 2.24) is 19.7 Å². The van der Waals surface area contributed by atoms with E-state index in [9.17, 15) is 0 Å². The van der Waals surface area contributed by atoms with Gasteiger partial charge in [0.15, 0.2) is 5.82 Å². The number of likely N-dealkylation sites (N-methyl/N-ethyl adjacent to an activating group) is 1. The average molecular weight is 259 g/mol. The van der Waals surface area contributed by atoms with Gasteiger partial charge in [0.25, 0.3) is 0 Å². The van der Waals surface area contributed by atoms with E-state index in [2.05, 4.69) is 51.8 Å². The molecule has 2 aromatic heterocycles. The number of aryl methyl sites for hydroxylation is 3. The molecule has 0 bridgehead atoms. The van der Waals surface area contributed by atoms with Crippen molar-refractivity contribution in [2.24, 2.45) is 7.05 Å². The second-order valence-electron chi connectivity index (χ2n) is 5.51. The fourth-order valence-electron chi connectivity index (χ4n) is 2.83. The molecule has 2 aromatic rings. The molecule has 3 rings (SSSR count). The van der Waals surface area contributed by atoms with Gasteiger partial charge < -0.3 is 14.4 Å². The maximum absolute atomic E-state index is 4.45. The molecular formula is C14H21N5. The first-order valence-electron chi connectivity index (χ1n) is 6.80. The van der Waals surface area contributed by atoms with Crippen LogP contribution in [0.2, 0.25) is 0 Å². The predicted octanol–water partition coefficient (Wildman–Crippen LogP) is 1.34. The summed E-state index contributed by atoms with van der Waals surface area (Å²) in [6.07, 6.45) is 2.18. The van der Waals surface area contributed by atoms with Crippen molar-refractivity contribution in [2.45, 2.75) is 13.8 Å². The quantitative estimate of drug-likeness (QED) is 0.774. The minimum Gasteiger partial charge on any atom is -0.353 e. The van der Waals surface area contributed by atoms with Gasteiger partial charge in [-0.1, -0.05) is 0 Å². The Morgan fingerprint density at radius 3 is 2.37 bits per heavy atom. The van der Waals surface area contributed by atoms with E-state index in [0.29, 0.717) is 0 Å². The Labute approximate surface area is 113 Å². The standard InChI is InChI=1S/C14H21N5/c1-10-13-11(2)18(4)9-12(13)14(16-15-10)19-7-5-17(3)6-8-19/h9H,5-8H2,1-4H3. The van der Waals surface area contributed by atoms with Crippen LogP contribution in [0.15, 0.2) is 6.20 Å². The third kappa shape index (κ3) is 1.98. The Hall–Kier alpha value is -1.62. The molecule has 19 heavy (non-hydrogen) atoms. The Bertz CT molecular complexity index is 608. The van der Waals surface area contributed by atoms with Crippen LogP contribution in [0.5, 0.6) is 0 Å². The fraction of sp³-hybridized carbons (Fsp3) is 0.571. The van der Waals surface area contributed by atoms with Crippen molar-refractivity contribution in [3.8, 4) is 0 Å². The van der Waals surface area contributed by atoms with Gasteiger partial charge in [-0.3, -0.25) is 0 Å². The van der Waals surface area contributed by atoms with Crippen molar-refractivity contribution in [3.05, 3.63) is 17.6 Å². The normalized spacial score (nSPS) is 17.4. The molecule has 0 aliphatic carbocycles. The highest BCUT2D eigenvalue weighted by Gasteiger charge is 2.20. The van der Waals surface area contributed by atoms with Crippen LogP contribution in [0.1, 0.15) is 11.4 Å². The third-order valence-corrected chi connectivity index (χ3v) is 4.18. The highest BCUT2D eigenvalue weighted by molar-refractivity contribution is 5.95. The molecule has 1 aliphatic rings. The summed E-state index contributed by atoms with van der Waals surface area (Å²) in [5.74, 6) is 1.04. The molecule has 3 heterocycles. The van der Waals surface area contributed by atoms with Crippen LogP contribution in [0.25, 0.3) is 10.8 Å². The SMILES string of the molecule is Cc1nnc(N2CCN(C)CC2)c2cn(C)c(C)c12. The molecule has 0 unspecified atom stereocenters. The van der Waals surface area contributed by atoms with Crippen LogP contribution in [-0.4, -0.2) is 52.9 Å². The van der Waals surface area contributed by atoms with Gasteiger partial charge in [-0.25, -0.2) is 0 Å². The molecule has 5 heteroatoms. The van der Waals surface area contributed by atoms with Crippen LogP contribution < -0.4 is 4.90 Å². The summed E-state index contributed by atoms with van der Waals surface area (Å²) >= 11 is 0. The van der Waals surface area contributed by atoms with Gasteiger partial charge in [-0.2, -0.15) is 5.10 Å². The van der Waals surface area contributed by atoms with Gasteiger partial charge >= 0.3 is 0 Å². The second kappa shape index (κ2) is 4.49. The number of anilines is 1. The second-order valence-corrected chi connectivity index (χ2v) is 5.51. The topological polar surface area (TPSA) is 37.2 Å². The molecule has 0 atom stereocenters. The van der Waals surface area contributed by atoms with Crippen molar-refractivity contribution in [3.63, 3.8) is 0 Å². The summed E-state index contributed by atoms with van der Waals surface area (Å²) in [6, 6.07) is 0. The van der Waals surface area contributed by atoms with Gasteiger partial charge in [0.05, 0.1) is 5.69 Å². The van der Waals surface area contributed by atoms with Crippen LogP contribution in [-0.2, 0) is 7.05 Å². The van der Waals surface area contributed by atoms with Gasteiger partial charge in [0.2, 0.25) is 0 Å². The van der Waals surface area contributed by atoms with Crippen molar-refractivity contribution < 1.29 is 0 Å². The summed E-state index contributed by atoms with van der Waals surface area (Å²) in [6.45, 7) is 8.40. The smallest absolute Gasteiger partial charge is 0.160 e. The zero-order valence-electron chi connectivity index (χ0n) is 12.1. The number of hydrogen-bond donors (Lipinski definition) is 0. The minimum atomic E-state index is 1.02. The molecule has 5 nitrogen and oxygen atoms in total. The number of piperazine rings is 1. The van der Waals surface area contributed by atoms with Crippen molar-refractivity contribution >= 4 is 16.6 Å². The lowest BCUT2D eigenvalue weighted by atomic mass is 10.2. The van der Waals surface area contributed by atoms with Crippen LogP contribution >= 0.6 is 0 Å². The van der Waals surface area contributed by atoms with E-state index in [-0.39, 0.29) is 0 Å². The zero-order chi connectivity index (χ0) is 13.6. The Kier molecular flexibility index (Phi) is 2.93. The maximum Gasteiger partial charge on any atom is 0.160 e. The zero-order valence-corrected chi connectivity index (χ0v) is 12.1. The number of hydrogen-bond acceptors (Lipinski definition) is 4. The molecule has 1 saturated heterocycles. The lowest BCUT2D eigenvalue weighted by molar-refractivity contribution is 0.312. The number of nitrogens with zero attached hydrogens (tertiary/aromatic N) is 5. The third-order valence-electron chi connectivity index (χ3n) is 4.18. The molecule has 0 radical (unpaired) electrons. The molecule has 0 saturated carbocycles. The predicted molar refractivity (Wildman–Crippen MR) is 77.7 cm³/mol. The van der Waals surface area contributed by atoms with E-state index in [1.54, 1.807) is 0 Å². The Morgan fingerprint density at radius 2 is 1.68 bits per heavy atom. The highest BCUT2D eigenvalue weighted by atomic mass is 15.3. The molecule has 1 fully saturated rings. The van der Waals surface area contributed by atoms with E-state index in [1.807, 2.05) is 6.92 Å². The first-order chi connectivity index (χ1) is 9.08. The number of fused-ring (bicyclic) bond motifs is 1. The first kappa shape index (κ1) is 12.4. The van der Waals surface area contributed by atoms with Crippen LogP contribution in [0.4, 0.5) is 5.82 Å². The minimum absolute atomic E-state index is 1.02. The van der Waals surface area contributed by atoms with Gasteiger partial charge in [0, 0.05) is 55.9 Å². The first-order valence-corrected chi connectivity index (χ1v) is 6.80.